The van der Waals surface area contributed by atoms with Crippen LogP contribution in [-0.2, 0) is 6.42 Å². The highest BCUT2D eigenvalue weighted by atomic mass is 127. The van der Waals surface area contributed by atoms with Gasteiger partial charge in [-0.15, -0.1) is 24.0 Å². The molecule has 0 radical (unpaired) electrons. The molecule has 0 amide bonds. The van der Waals surface area contributed by atoms with Gasteiger partial charge < -0.3 is 15.1 Å². The number of guanidine groups is 1. The van der Waals surface area contributed by atoms with E-state index in [0.717, 1.165) is 16.4 Å². The first-order chi connectivity index (χ1) is 12.7. The van der Waals surface area contributed by atoms with Crippen LogP contribution >= 0.6 is 35.6 Å². The molecule has 2 aromatic heterocycles. The molecule has 3 N–H and O–H groups in total. The Hall–Kier alpha value is -2.07. The van der Waals surface area contributed by atoms with Gasteiger partial charge in [0, 0.05) is 25.0 Å². The second kappa shape index (κ2) is 10.3. The molecular weight excluding hydrogens is 479 g/mol. The van der Waals surface area contributed by atoms with Crippen LogP contribution in [0.5, 0.6) is 0 Å². The number of H-pyrrole nitrogens is 1. The summed E-state index contributed by atoms with van der Waals surface area (Å²) in [6.07, 6.45) is 2.28. The largest absolute Gasteiger partial charge is 0.461 e. The number of aliphatic imine (C=N–C) groups is 1. The Morgan fingerprint density at radius 2 is 2.19 bits per heavy atom. The van der Waals surface area contributed by atoms with E-state index in [1.807, 2.05) is 36.4 Å². The van der Waals surface area contributed by atoms with Crippen LogP contribution in [0.3, 0.4) is 0 Å². The van der Waals surface area contributed by atoms with E-state index in [2.05, 4.69) is 37.7 Å². The van der Waals surface area contributed by atoms with Crippen molar-refractivity contribution in [2.75, 3.05) is 13.6 Å². The summed E-state index contributed by atoms with van der Waals surface area (Å²) >= 11 is 6.05. The molecule has 0 saturated heterocycles. The number of aromatic amines is 1. The van der Waals surface area contributed by atoms with Gasteiger partial charge in [-0.1, -0.05) is 23.7 Å². The van der Waals surface area contributed by atoms with E-state index in [4.69, 9.17) is 16.0 Å². The van der Waals surface area contributed by atoms with E-state index in [1.165, 1.54) is 0 Å². The quantitative estimate of drug-likeness (QED) is 0.272. The average Bonchev–Trinajstić information content (AvgIpc) is 3.32. The molecule has 2 heterocycles. The number of nitrogens with one attached hydrogen (secondary N) is 3. The predicted octanol–water partition coefficient (Wildman–Crippen LogP) is 3.80. The fourth-order valence-corrected chi connectivity index (χ4v) is 2.68. The van der Waals surface area contributed by atoms with Gasteiger partial charge in [-0.05, 0) is 36.8 Å². The standard InChI is InChI=1S/C18H21ClN6O.HI/c1-12(13-5-3-6-14(19)11-13)22-18(20-2)21-9-8-16-23-17(25-24-16)15-7-4-10-26-15;/h3-7,10-12H,8-9H2,1-2H3,(H2,20,21,22)(H,23,24,25);1H. The highest BCUT2D eigenvalue weighted by Crippen LogP contribution is 2.17. The highest BCUT2D eigenvalue weighted by Gasteiger charge is 2.10. The third kappa shape index (κ3) is 5.96. The van der Waals surface area contributed by atoms with Gasteiger partial charge in [-0.2, -0.15) is 5.10 Å². The number of benzene rings is 1. The van der Waals surface area contributed by atoms with Crippen LogP contribution < -0.4 is 10.6 Å². The van der Waals surface area contributed by atoms with Gasteiger partial charge in [0.1, 0.15) is 5.82 Å². The van der Waals surface area contributed by atoms with E-state index in [1.54, 1.807) is 13.3 Å². The van der Waals surface area contributed by atoms with Gasteiger partial charge in [0.15, 0.2) is 11.7 Å². The van der Waals surface area contributed by atoms with Crippen molar-refractivity contribution in [2.24, 2.45) is 4.99 Å². The van der Waals surface area contributed by atoms with E-state index < -0.39 is 0 Å². The van der Waals surface area contributed by atoms with Gasteiger partial charge in [-0.3, -0.25) is 10.1 Å². The summed E-state index contributed by atoms with van der Waals surface area (Å²) in [6.45, 7) is 2.72. The first-order valence-electron chi connectivity index (χ1n) is 8.33. The molecule has 9 heteroatoms. The topological polar surface area (TPSA) is 91.1 Å². The van der Waals surface area contributed by atoms with Crippen molar-refractivity contribution in [2.45, 2.75) is 19.4 Å². The number of aromatic nitrogens is 3. The lowest BCUT2D eigenvalue weighted by atomic mass is 10.1. The first kappa shape index (κ1) is 21.2. The zero-order valence-electron chi connectivity index (χ0n) is 15.1. The Morgan fingerprint density at radius 3 is 2.89 bits per heavy atom. The number of furan rings is 1. The van der Waals surface area contributed by atoms with Crippen LogP contribution in [-0.4, -0.2) is 34.7 Å². The lowest BCUT2D eigenvalue weighted by Gasteiger charge is -2.18. The molecule has 3 aromatic rings. The molecule has 144 valence electrons. The van der Waals surface area contributed by atoms with E-state index >= 15 is 0 Å². The normalized spacial score (nSPS) is 12.3. The summed E-state index contributed by atoms with van der Waals surface area (Å²) in [5.41, 5.74) is 1.10. The van der Waals surface area contributed by atoms with E-state index in [-0.39, 0.29) is 30.0 Å². The van der Waals surface area contributed by atoms with Gasteiger partial charge in [0.25, 0.3) is 0 Å². The van der Waals surface area contributed by atoms with Crippen LogP contribution in [0, 0.1) is 0 Å². The Labute approximate surface area is 180 Å². The van der Waals surface area contributed by atoms with Crippen molar-refractivity contribution in [3.8, 4) is 11.6 Å². The molecule has 27 heavy (non-hydrogen) atoms. The van der Waals surface area contributed by atoms with Gasteiger partial charge >= 0.3 is 0 Å². The van der Waals surface area contributed by atoms with Crippen molar-refractivity contribution in [3.05, 3.63) is 59.1 Å². The Morgan fingerprint density at radius 1 is 1.33 bits per heavy atom. The van der Waals surface area contributed by atoms with E-state index in [9.17, 15) is 0 Å². The number of hydrogen-bond acceptors (Lipinski definition) is 4. The summed E-state index contributed by atoms with van der Waals surface area (Å²) in [5, 5.41) is 14.4. The molecule has 0 spiro atoms. The minimum atomic E-state index is 0. The van der Waals surface area contributed by atoms with Crippen molar-refractivity contribution < 1.29 is 4.42 Å². The molecule has 1 aromatic carbocycles. The fraction of sp³-hybridized carbons (Fsp3) is 0.278. The van der Waals surface area contributed by atoms with Crippen molar-refractivity contribution in [1.82, 2.24) is 25.8 Å². The molecule has 0 bridgehead atoms. The second-order valence-corrected chi connectivity index (χ2v) is 6.19. The zero-order chi connectivity index (χ0) is 18.4. The van der Waals surface area contributed by atoms with Gasteiger partial charge in [0.05, 0.1) is 12.3 Å². The number of nitrogens with zero attached hydrogens (tertiary/aromatic N) is 3. The lowest BCUT2D eigenvalue weighted by Crippen LogP contribution is -2.39. The summed E-state index contributed by atoms with van der Waals surface area (Å²) in [6, 6.07) is 11.5. The Balaban J connectivity index is 0.00000261. The summed E-state index contributed by atoms with van der Waals surface area (Å²) < 4.78 is 5.29. The van der Waals surface area contributed by atoms with Crippen LogP contribution in [0.2, 0.25) is 5.02 Å². The second-order valence-electron chi connectivity index (χ2n) is 5.75. The maximum absolute atomic E-state index is 6.05. The third-order valence-corrected chi connectivity index (χ3v) is 4.09. The van der Waals surface area contributed by atoms with Gasteiger partial charge in [0.2, 0.25) is 5.82 Å². The molecule has 0 saturated carbocycles. The Kier molecular flexibility index (Phi) is 8.11. The minimum absolute atomic E-state index is 0. The van der Waals surface area contributed by atoms with Crippen molar-refractivity contribution in [3.63, 3.8) is 0 Å². The third-order valence-electron chi connectivity index (χ3n) is 3.85. The molecule has 7 nitrogen and oxygen atoms in total. The van der Waals surface area contributed by atoms with Gasteiger partial charge in [-0.25, -0.2) is 4.98 Å². The Bertz CT molecular complexity index is 864. The first-order valence-corrected chi connectivity index (χ1v) is 8.71. The zero-order valence-corrected chi connectivity index (χ0v) is 18.2. The smallest absolute Gasteiger partial charge is 0.216 e. The van der Waals surface area contributed by atoms with E-state index in [0.29, 0.717) is 30.5 Å². The molecule has 0 fully saturated rings. The molecule has 0 aliphatic rings. The summed E-state index contributed by atoms with van der Waals surface area (Å²) in [4.78, 5) is 8.67. The monoisotopic (exact) mass is 500 g/mol. The maximum Gasteiger partial charge on any atom is 0.216 e. The summed E-state index contributed by atoms with van der Waals surface area (Å²) in [7, 11) is 1.74. The molecule has 0 aliphatic heterocycles. The minimum Gasteiger partial charge on any atom is -0.461 e. The average molecular weight is 501 g/mol. The fourth-order valence-electron chi connectivity index (χ4n) is 2.48. The lowest BCUT2D eigenvalue weighted by molar-refractivity contribution is 0.577. The van der Waals surface area contributed by atoms with Crippen LogP contribution in [0.1, 0.15) is 24.4 Å². The molecule has 1 atom stereocenters. The predicted molar refractivity (Wildman–Crippen MR) is 118 cm³/mol. The maximum atomic E-state index is 6.05. The van der Waals surface area contributed by atoms with Crippen molar-refractivity contribution in [1.29, 1.82) is 0 Å². The molecular formula is C18H22ClIN6O. The SMILES string of the molecule is CN=C(NCCc1nc(-c2ccco2)n[nH]1)NC(C)c1cccc(Cl)c1.I. The van der Waals surface area contributed by atoms with Crippen molar-refractivity contribution >= 4 is 41.5 Å². The number of halogens is 2. The molecule has 0 aliphatic carbocycles. The van der Waals surface area contributed by atoms with Crippen LogP contribution in [0.15, 0.2) is 52.1 Å². The van der Waals surface area contributed by atoms with Crippen LogP contribution in [0.4, 0.5) is 0 Å². The molecule has 1 unspecified atom stereocenters. The van der Waals surface area contributed by atoms with Crippen LogP contribution in [0.25, 0.3) is 11.6 Å². The molecule has 3 rings (SSSR count). The highest BCUT2D eigenvalue weighted by molar-refractivity contribution is 14.0. The summed E-state index contributed by atoms with van der Waals surface area (Å²) in [5.74, 6) is 2.70. The number of hydrogen-bond donors (Lipinski definition) is 3. The number of rotatable bonds is 6.